The van der Waals surface area contributed by atoms with Gasteiger partial charge < -0.3 is 4.57 Å². The van der Waals surface area contributed by atoms with Crippen LogP contribution in [0.4, 0.5) is 0 Å². The number of hydrogen-bond donors (Lipinski definition) is 0. The molecule has 0 aliphatic rings. The average Bonchev–Trinajstić information content (AvgIpc) is 2.94. The summed E-state index contributed by atoms with van der Waals surface area (Å²) < 4.78 is 4.09. The molecule has 0 radical (unpaired) electrons. The maximum Gasteiger partial charge on any atom is 0.128 e. The lowest BCUT2D eigenvalue weighted by Gasteiger charge is -2.10. The van der Waals surface area contributed by atoms with E-state index < -0.39 is 0 Å². The largest absolute Gasteiger partial charge is 0.322 e. The van der Waals surface area contributed by atoms with Gasteiger partial charge in [0.1, 0.15) is 5.82 Å². The molecule has 2 heterocycles. The lowest BCUT2D eigenvalue weighted by Crippen LogP contribution is -2.07. The Balaban J connectivity index is 2.17. The van der Waals surface area contributed by atoms with Crippen molar-refractivity contribution in [1.82, 2.24) is 19.3 Å². The zero-order valence-electron chi connectivity index (χ0n) is 12.8. The van der Waals surface area contributed by atoms with E-state index in [2.05, 4.69) is 46.7 Å². The van der Waals surface area contributed by atoms with E-state index >= 15 is 0 Å². The van der Waals surface area contributed by atoms with Gasteiger partial charge in [0.25, 0.3) is 0 Å². The molecule has 0 bridgehead atoms. The van der Waals surface area contributed by atoms with Gasteiger partial charge in [0.15, 0.2) is 0 Å². The Morgan fingerprint density at radius 2 is 2.05 bits per heavy atom. The third kappa shape index (κ3) is 2.44. The van der Waals surface area contributed by atoms with Gasteiger partial charge >= 0.3 is 0 Å². The maximum absolute atomic E-state index is 6.33. The Labute approximate surface area is 129 Å². The molecule has 2 aromatic heterocycles. The van der Waals surface area contributed by atoms with Crippen LogP contribution in [0.5, 0.6) is 0 Å². The molecule has 1 atom stereocenters. The van der Waals surface area contributed by atoms with Crippen molar-refractivity contribution in [3.8, 4) is 0 Å². The highest BCUT2D eigenvalue weighted by atomic mass is 35.5. The fraction of sp³-hybridized carbons (Fsp3) is 0.375. The van der Waals surface area contributed by atoms with Crippen LogP contribution in [-0.4, -0.2) is 19.3 Å². The van der Waals surface area contributed by atoms with Crippen LogP contribution in [-0.2, 0) is 13.6 Å². The van der Waals surface area contributed by atoms with Gasteiger partial charge in [0.05, 0.1) is 29.2 Å². The van der Waals surface area contributed by atoms with E-state index in [4.69, 9.17) is 11.6 Å². The molecule has 3 rings (SSSR count). The molecular weight excluding hydrogens is 284 g/mol. The number of aromatic nitrogens is 4. The smallest absolute Gasteiger partial charge is 0.128 e. The zero-order chi connectivity index (χ0) is 15.1. The summed E-state index contributed by atoms with van der Waals surface area (Å²) in [5, 5.41) is 4.19. The summed E-state index contributed by atoms with van der Waals surface area (Å²) in [4.78, 5) is 4.69. The summed E-state index contributed by atoms with van der Waals surface area (Å²) in [7, 11) is 1.96. The van der Waals surface area contributed by atoms with Crippen LogP contribution < -0.4 is 0 Å². The quantitative estimate of drug-likeness (QED) is 0.691. The number of rotatable bonds is 3. The van der Waals surface area contributed by atoms with Crippen molar-refractivity contribution in [2.75, 3.05) is 0 Å². The van der Waals surface area contributed by atoms with Gasteiger partial charge in [0.2, 0.25) is 0 Å². The number of nitrogens with zero attached hydrogens (tertiary/aromatic N) is 4. The second-order valence-corrected chi connectivity index (χ2v) is 6.20. The topological polar surface area (TPSA) is 35.6 Å². The number of hydrogen-bond acceptors (Lipinski definition) is 2. The number of aryl methyl sites for hydroxylation is 2. The minimum absolute atomic E-state index is 0.130. The highest BCUT2D eigenvalue weighted by molar-refractivity contribution is 6.20. The number of imidazole rings is 1. The van der Waals surface area contributed by atoms with E-state index in [1.54, 1.807) is 0 Å². The Hall–Kier alpha value is -1.81. The molecule has 0 saturated carbocycles. The van der Waals surface area contributed by atoms with Crippen molar-refractivity contribution < 1.29 is 0 Å². The Morgan fingerprint density at radius 3 is 2.67 bits per heavy atom. The molecule has 4 nitrogen and oxygen atoms in total. The van der Waals surface area contributed by atoms with Gasteiger partial charge in [0, 0.05) is 18.3 Å². The van der Waals surface area contributed by atoms with Gasteiger partial charge in [-0.15, -0.1) is 11.6 Å². The third-order valence-electron chi connectivity index (χ3n) is 3.95. The second kappa shape index (κ2) is 5.19. The standard InChI is InChI=1S/C16H19ClN4/c1-10-5-6-14-15(7-10)21(16(19-14)11(2)17)9-13-8-18-20(4)12(13)3/h5-8,11H,9H2,1-4H3. The van der Waals surface area contributed by atoms with Crippen molar-refractivity contribution in [2.24, 2.45) is 7.05 Å². The summed E-state index contributed by atoms with van der Waals surface area (Å²) in [6.07, 6.45) is 1.92. The first-order chi connectivity index (χ1) is 9.97. The first kappa shape index (κ1) is 14.1. The molecule has 110 valence electrons. The summed E-state index contributed by atoms with van der Waals surface area (Å²) in [6, 6.07) is 6.30. The van der Waals surface area contributed by atoms with Crippen molar-refractivity contribution in [2.45, 2.75) is 32.7 Å². The molecule has 5 heteroatoms. The minimum Gasteiger partial charge on any atom is -0.322 e. The van der Waals surface area contributed by atoms with Crippen LogP contribution in [0.3, 0.4) is 0 Å². The molecule has 0 saturated heterocycles. The molecule has 0 aliphatic heterocycles. The van der Waals surface area contributed by atoms with Gasteiger partial charge in [-0.1, -0.05) is 6.07 Å². The van der Waals surface area contributed by atoms with Gasteiger partial charge in [-0.3, -0.25) is 4.68 Å². The fourth-order valence-corrected chi connectivity index (χ4v) is 2.76. The van der Waals surface area contributed by atoms with Crippen LogP contribution in [0, 0.1) is 13.8 Å². The summed E-state index contributed by atoms with van der Waals surface area (Å²) >= 11 is 6.33. The molecule has 3 aromatic rings. The lowest BCUT2D eigenvalue weighted by atomic mass is 10.2. The van der Waals surface area contributed by atoms with Crippen LogP contribution >= 0.6 is 11.6 Å². The number of benzene rings is 1. The normalized spacial score (nSPS) is 13.0. The third-order valence-corrected chi connectivity index (χ3v) is 4.15. The van der Waals surface area contributed by atoms with Gasteiger partial charge in [-0.25, -0.2) is 4.98 Å². The number of alkyl halides is 1. The Morgan fingerprint density at radius 1 is 1.29 bits per heavy atom. The van der Waals surface area contributed by atoms with Crippen LogP contribution in [0.2, 0.25) is 0 Å². The monoisotopic (exact) mass is 302 g/mol. The fourth-order valence-electron chi connectivity index (χ4n) is 2.59. The highest BCUT2D eigenvalue weighted by Gasteiger charge is 2.16. The molecule has 0 N–H and O–H groups in total. The van der Waals surface area contributed by atoms with E-state index in [-0.39, 0.29) is 5.38 Å². The Bertz CT molecular complexity index is 798. The first-order valence-electron chi connectivity index (χ1n) is 7.05. The molecule has 21 heavy (non-hydrogen) atoms. The Kier molecular flexibility index (Phi) is 3.49. The highest BCUT2D eigenvalue weighted by Crippen LogP contribution is 2.26. The summed E-state index contributed by atoms with van der Waals surface area (Å²) in [6.45, 7) is 6.88. The van der Waals surface area contributed by atoms with Crippen LogP contribution in [0.15, 0.2) is 24.4 Å². The van der Waals surface area contributed by atoms with Gasteiger partial charge in [-0.05, 0) is 38.5 Å². The number of fused-ring (bicyclic) bond motifs is 1. The van der Waals surface area contributed by atoms with Crippen molar-refractivity contribution >= 4 is 22.6 Å². The minimum atomic E-state index is -0.130. The maximum atomic E-state index is 6.33. The van der Waals surface area contributed by atoms with Crippen molar-refractivity contribution in [3.05, 3.63) is 47.0 Å². The molecule has 0 aliphatic carbocycles. The summed E-state index contributed by atoms with van der Waals surface area (Å²) in [5.74, 6) is 0.903. The molecule has 1 aromatic carbocycles. The van der Waals surface area contributed by atoms with E-state index in [1.807, 2.05) is 24.9 Å². The van der Waals surface area contributed by atoms with E-state index in [0.717, 1.165) is 29.1 Å². The van der Waals surface area contributed by atoms with Gasteiger partial charge in [-0.2, -0.15) is 5.10 Å². The van der Waals surface area contributed by atoms with Crippen molar-refractivity contribution in [1.29, 1.82) is 0 Å². The second-order valence-electron chi connectivity index (χ2n) is 5.54. The summed E-state index contributed by atoms with van der Waals surface area (Å²) in [5.41, 5.74) is 5.69. The first-order valence-corrected chi connectivity index (χ1v) is 7.49. The van der Waals surface area contributed by atoms with E-state index in [9.17, 15) is 0 Å². The molecule has 0 fully saturated rings. The lowest BCUT2D eigenvalue weighted by molar-refractivity contribution is 0.720. The number of halogens is 1. The molecule has 1 unspecified atom stereocenters. The van der Waals surface area contributed by atoms with Crippen LogP contribution in [0.25, 0.3) is 11.0 Å². The van der Waals surface area contributed by atoms with Crippen LogP contribution in [0.1, 0.15) is 34.9 Å². The molecular formula is C16H19ClN4. The van der Waals surface area contributed by atoms with E-state index in [0.29, 0.717) is 0 Å². The van der Waals surface area contributed by atoms with E-state index in [1.165, 1.54) is 11.1 Å². The SMILES string of the molecule is Cc1ccc2nc(C(C)Cl)n(Cc3cnn(C)c3C)c2c1. The average molecular weight is 303 g/mol. The predicted molar refractivity (Wildman–Crippen MR) is 85.8 cm³/mol. The molecule has 0 amide bonds. The molecule has 0 spiro atoms. The van der Waals surface area contributed by atoms with Crippen molar-refractivity contribution in [3.63, 3.8) is 0 Å². The zero-order valence-corrected chi connectivity index (χ0v) is 13.5. The predicted octanol–water partition coefficient (Wildman–Crippen LogP) is 3.73.